The molecule has 0 saturated carbocycles. The molecular weight excluding hydrogens is 288 g/mol. The van der Waals surface area contributed by atoms with Crippen LogP contribution < -0.4 is 5.73 Å². The molecule has 5 nitrogen and oxygen atoms in total. The number of anilines is 1. The van der Waals surface area contributed by atoms with Gasteiger partial charge in [-0.25, -0.2) is 8.42 Å². The second-order valence-corrected chi connectivity index (χ2v) is 6.66. The average Bonchev–Trinajstić information content (AvgIpc) is 2.32. The highest BCUT2D eigenvalue weighted by molar-refractivity contribution is 7.89. The van der Waals surface area contributed by atoms with Gasteiger partial charge < -0.3 is 10.5 Å². The number of nitrogens with zero attached hydrogens (tertiary/aromatic N) is 1. The van der Waals surface area contributed by atoms with Crippen LogP contribution in [0.2, 0.25) is 5.02 Å². The Morgan fingerprint density at radius 3 is 2.58 bits per heavy atom. The summed E-state index contributed by atoms with van der Waals surface area (Å²) in [5.74, 6) is 0. The van der Waals surface area contributed by atoms with Crippen LogP contribution in [0.15, 0.2) is 23.1 Å². The Morgan fingerprint density at radius 2 is 2.05 bits per heavy atom. The van der Waals surface area contributed by atoms with Gasteiger partial charge in [-0.1, -0.05) is 11.6 Å². The first-order valence-corrected chi connectivity index (χ1v) is 7.68. The lowest BCUT2D eigenvalue weighted by Crippen LogP contribution is -2.39. The zero-order valence-electron chi connectivity index (χ0n) is 11.3. The van der Waals surface area contributed by atoms with Gasteiger partial charge in [0, 0.05) is 25.4 Å². The smallest absolute Gasteiger partial charge is 0.244 e. The van der Waals surface area contributed by atoms with Crippen molar-refractivity contribution in [1.82, 2.24) is 4.31 Å². The van der Waals surface area contributed by atoms with Crippen molar-refractivity contribution in [1.29, 1.82) is 0 Å². The van der Waals surface area contributed by atoms with Crippen LogP contribution in [0.1, 0.15) is 13.8 Å². The lowest BCUT2D eigenvalue weighted by molar-refractivity contribution is 0.171. The van der Waals surface area contributed by atoms with Crippen LogP contribution in [-0.4, -0.2) is 39.0 Å². The molecule has 0 aliphatic heterocycles. The highest BCUT2D eigenvalue weighted by Gasteiger charge is 2.28. The minimum Gasteiger partial charge on any atom is -0.399 e. The quantitative estimate of drug-likeness (QED) is 0.816. The fourth-order valence-corrected chi connectivity index (χ4v) is 3.81. The summed E-state index contributed by atoms with van der Waals surface area (Å²) < 4.78 is 31.5. The molecule has 1 rings (SSSR count). The standard InChI is InChI=1S/C12H19ClN2O3S/c1-9(2)15(6-7-18-3)19(16,17)12-8-10(14)4-5-11(12)13/h4-5,8-9H,6-7,14H2,1-3H3. The molecular formula is C12H19ClN2O3S. The van der Waals surface area contributed by atoms with Crippen LogP contribution in [0.25, 0.3) is 0 Å². The molecule has 0 amide bonds. The van der Waals surface area contributed by atoms with Gasteiger partial charge in [0.2, 0.25) is 10.0 Å². The molecule has 0 bridgehead atoms. The third kappa shape index (κ3) is 3.82. The molecule has 0 heterocycles. The molecule has 19 heavy (non-hydrogen) atoms. The minimum absolute atomic E-state index is 0.0268. The Labute approximate surface area is 119 Å². The second-order valence-electron chi connectivity index (χ2n) is 4.39. The van der Waals surface area contributed by atoms with E-state index in [1.807, 2.05) is 0 Å². The first-order valence-electron chi connectivity index (χ1n) is 5.86. The Kier molecular flexibility index (Phi) is 5.61. The molecule has 0 aliphatic carbocycles. The lowest BCUT2D eigenvalue weighted by atomic mass is 10.3. The van der Waals surface area contributed by atoms with Gasteiger partial charge in [0.1, 0.15) is 4.90 Å². The molecule has 0 aliphatic rings. The van der Waals surface area contributed by atoms with E-state index in [2.05, 4.69) is 0 Å². The minimum atomic E-state index is -3.68. The normalized spacial score (nSPS) is 12.3. The van der Waals surface area contributed by atoms with Crippen molar-refractivity contribution < 1.29 is 13.2 Å². The monoisotopic (exact) mass is 306 g/mol. The Morgan fingerprint density at radius 1 is 1.42 bits per heavy atom. The molecule has 0 spiro atoms. The van der Waals surface area contributed by atoms with Gasteiger partial charge in [-0.3, -0.25) is 0 Å². The number of ether oxygens (including phenoxy) is 1. The van der Waals surface area contributed by atoms with Crippen molar-refractivity contribution in [2.75, 3.05) is 26.0 Å². The van der Waals surface area contributed by atoms with Crippen LogP contribution in [0.5, 0.6) is 0 Å². The van der Waals surface area contributed by atoms with E-state index >= 15 is 0 Å². The maximum absolute atomic E-state index is 12.6. The molecule has 0 unspecified atom stereocenters. The number of methoxy groups -OCH3 is 1. The molecule has 0 aromatic heterocycles. The summed E-state index contributed by atoms with van der Waals surface area (Å²) in [6.07, 6.45) is 0. The van der Waals surface area contributed by atoms with Gasteiger partial charge in [-0.05, 0) is 32.0 Å². The van der Waals surface area contributed by atoms with Gasteiger partial charge >= 0.3 is 0 Å². The number of halogens is 1. The molecule has 0 fully saturated rings. The van der Waals surface area contributed by atoms with Crippen LogP contribution in [0.4, 0.5) is 5.69 Å². The fraction of sp³-hybridized carbons (Fsp3) is 0.500. The molecule has 0 radical (unpaired) electrons. The highest BCUT2D eigenvalue weighted by Crippen LogP contribution is 2.27. The third-order valence-electron chi connectivity index (χ3n) is 2.63. The fourth-order valence-electron chi connectivity index (χ4n) is 1.68. The van der Waals surface area contributed by atoms with Crippen molar-refractivity contribution in [3.63, 3.8) is 0 Å². The SMILES string of the molecule is COCCN(C(C)C)S(=O)(=O)c1cc(N)ccc1Cl. The van der Waals surface area contributed by atoms with Gasteiger partial charge in [0.15, 0.2) is 0 Å². The average molecular weight is 307 g/mol. The van der Waals surface area contributed by atoms with Crippen LogP contribution in [0.3, 0.4) is 0 Å². The number of hydrogen-bond acceptors (Lipinski definition) is 4. The first-order chi connectivity index (χ1) is 8.80. The third-order valence-corrected chi connectivity index (χ3v) is 5.19. The zero-order valence-corrected chi connectivity index (χ0v) is 12.8. The second kappa shape index (κ2) is 6.56. The molecule has 0 atom stereocenters. The number of rotatable bonds is 6. The van der Waals surface area contributed by atoms with Crippen molar-refractivity contribution >= 4 is 27.3 Å². The predicted molar refractivity (Wildman–Crippen MR) is 76.8 cm³/mol. The van der Waals surface area contributed by atoms with Gasteiger partial charge in [-0.2, -0.15) is 4.31 Å². The van der Waals surface area contributed by atoms with E-state index in [1.54, 1.807) is 19.9 Å². The van der Waals surface area contributed by atoms with Crippen molar-refractivity contribution in [3.05, 3.63) is 23.2 Å². The van der Waals surface area contributed by atoms with Crippen LogP contribution in [-0.2, 0) is 14.8 Å². The van der Waals surface area contributed by atoms with Crippen LogP contribution in [0, 0.1) is 0 Å². The molecule has 1 aromatic rings. The molecule has 108 valence electrons. The Balaban J connectivity index is 3.22. The Hall–Kier alpha value is -0.820. The van der Waals surface area contributed by atoms with E-state index in [0.717, 1.165) is 0 Å². The van der Waals surface area contributed by atoms with E-state index < -0.39 is 10.0 Å². The van der Waals surface area contributed by atoms with Crippen molar-refractivity contribution in [3.8, 4) is 0 Å². The number of nitrogen functional groups attached to an aromatic ring is 1. The number of hydrogen-bond donors (Lipinski definition) is 1. The summed E-state index contributed by atoms with van der Waals surface area (Å²) in [6, 6.07) is 4.23. The van der Waals surface area contributed by atoms with E-state index in [1.165, 1.54) is 23.5 Å². The predicted octanol–water partition coefficient (Wildman–Crippen LogP) is 1.97. The summed E-state index contributed by atoms with van der Waals surface area (Å²) in [4.78, 5) is 0.0268. The summed E-state index contributed by atoms with van der Waals surface area (Å²) in [5.41, 5.74) is 5.99. The first kappa shape index (κ1) is 16.2. The summed E-state index contributed by atoms with van der Waals surface area (Å²) in [7, 11) is -2.16. The molecule has 7 heteroatoms. The van der Waals surface area contributed by atoms with Crippen molar-refractivity contribution in [2.24, 2.45) is 0 Å². The summed E-state index contributed by atoms with van der Waals surface area (Å²) in [6.45, 7) is 4.18. The molecule has 0 saturated heterocycles. The van der Waals surface area contributed by atoms with Gasteiger partial charge in [-0.15, -0.1) is 0 Å². The summed E-state index contributed by atoms with van der Waals surface area (Å²) >= 11 is 5.97. The van der Waals surface area contributed by atoms with E-state index in [4.69, 9.17) is 22.1 Å². The number of nitrogens with two attached hydrogens (primary N) is 1. The highest BCUT2D eigenvalue weighted by atomic mass is 35.5. The maximum atomic E-state index is 12.6. The Bertz CT molecular complexity index is 532. The number of sulfonamides is 1. The van der Waals surface area contributed by atoms with E-state index in [-0.39, 0.29) is 22.5 Å². The van der Waals surface area contributed by atoms with E-state index in [0.29, 0.717) is 12.3 Å². The molecule has 2 N–H and O–H groups in total. The molecule has 1 aromatic carbocycles. The lowest BCUT2D eigenvalue weighted by Gasteiger charge is -2.26. The zero-order chi connectivity index (χ0) is 14.6. The van der Waals surface area contributed by atoms with Crippen molar-refractivity contribution in [2.45, 2.75) is 24.8 Å². The van der Waals surface area contributed by atoms with Crippen LogP contribution >= 0.6 is 11.6 Å². The van der Waals surface area contributed by atoms with Gasteiger partial charge in [0.05, 0.1) is 11.6 Å². The maximum Gasteiger partial charge on any atom is 0.244 e. The van der Waals surface area contributed by atoms with E-state index in [9.17, 15) is 8.42 Å². The summed E-state index contributed by atoms with van der Waals surface area (Å²) in [5, 5.41) is 0.164. The largest absolute Gasteiger partial charge is 0.399 e. The topological polar surface area (TPSA) is 72.6 Å². The van der Waals surface area contributed by atoms with Gasteiger partial charge in [0.25, 0.3) is 0 Å². The number of benzene rings is 1.